The molecule has 0 bridgehead atoms. The molecule has 0 saturated carbocycles. The first-order valence-electron chi connectivity index (χ1n) is 5.26. The van der Waals surface area contributed by atoms with Gasteiger partial charge in [-0.2, -0.15) is 0 Å². The monoisotopic (exact) mass is 190 g/mol. The van der Waals surface area contributed by atoms with Crippen molar-refractivity contribution in [3.63, 3.8) is 0 Å². The third kappa shape index (κ3) is 2.44. The van der Waals surface area contributed by atoms with Gasteiger partial charge in [0.1, 0.15) is 0 Å². The zero-order valence-corrected chi connectivity index (χ0v) is 9.16. The molecule has 0 N–H and O–H groups in total. The van der Waals surface area contributed by atoms with Gasteiger partial charge in [0.2, 0.25) is 0 Å². The van der Waals surface area contributed by atoms with E-state index >= 15 is 0 Å². The molecule has 0 amide bonds. The number of hydrogen-bond acceptors (Lipinski definition) is 1. The van der Waals surface area contributed by atoms with Crippen molar-refractivity contribution in [2.75, 3.05) is 0 Å². The van der Waals surface area contributed by atoms with Crippen molar-refractivity contribution in [1.82, 2.24) is 0 Å². The lowest BCUT2D eigenvalue weighted by Gasteiger charge is -2.17. The molecule has 0 saturated heterocycles. The van der Waals surface area contributed by atoms with E-state index in [2.05, 4.69) is 20.8 Å². The van der Waals surface area contributed by atoms with Gasteiger partial charge in [0.05, 0.1) is 0 Å². The fourth-order valence-electron chi connectivity index (χ4n) is 1.78. The van der Waals surface area contributed by atoms with Crippen molar-refractivity contribution < 1.29 is 4.79 Å². The maximum atomic E-state index is 12.0. The molecule has 0 aromatic heterocycles. The maximum absolute atomic E-state index is 12.0. The Morgan fingerprint density at radius 1 is 1.21 bits per heavy atom. The van der Waals surface area contributed by atoms with Crippen LogP contribution in [0.5, 0.6) is 0 Å². The normalized spacial score (nSPS) is 12.9. The Kier molecular flexibility index (Phi) is 3.87. The lowest BCUT2D eigenvalue weighted by atomic mass is 9.86. The summed E-state index contributed by atoms with van der Waals surface area (Å²) in [6, 6.07) is 9.56. The van der Waals surface area contributed by atoms with Crippen molar-refractivity contribution in [2.45, 2.75) is 27.2 Å². The first kappa shape index (κ1) is 11.0. The van der Waals surface area contributed by atoms with Crippen LogP contribution in [0.2, 0.25) is 0 Å². The average molecular weight is 190 g/mol. The van der Waals surface area contributed by atoms with Crippen LogP contribution >= 0.6 is 0 Å². The molecule has 1 nitrogen and oxygen atoms in total. The molecule has 1 aromatic carbocycles. The first-order chi connectivity index (χ1) is 6.66. The standard InChI is InChI=1S/C13H18O/c1-4-12(10(2)3)13(14)11-8-6-5-7-9-11/h5-10,12H,4H2,1-3H3. The predicted molar refractivity (Wildman–Crippen MR) is 59.4 cm³/mol. The minimum Gasteiger partial charge on any atom is -0.294 e. The molecule has 1 aromatic rings. The molecule has 0 aliphatic heterocycles. The second-order valence-electron chi connectivity index (χ2n) is 3.99. The van der Waals surface area contributed by atoms with Crippen LogP contribution in [-0.2, 0) is 0 Å². The Balaban J connectivity index is 2.84. The number of Topliss-reactive ketones (excluding diaryl/α,β-unsaturated/α-hetero) is 1. The lowest BCUT2D eigenvalue weighted by Crippen LogP contribution is -2.19. The Hall–Kier alpha value is -1.11. The molecule has 1 atom stereocenters. The highest BCUT2D eigenvalue weighted by Gasteiger charge is 2.20. The van der Waals surface area contributed by atoms with E-state index in [9.17, 15) is 4.79 Å². The van der Waals surface area contributed by atoms with Crippen molar-refractivity contribution in [1.29, 1.82) is 0 Å². The minimum atomic E-state index is 0.164. The lowest BCUT2D eigenvalue weighted by molar-refractivity contribution is 0.0882. The van der Waals surface area contributed by atoms with E-state index in [1.165, 1.54) is 0 Å². The van der Waals surface area contributed by atoms with Crippen LogP contribution in [0, 0.1) is 11.8 Å². The number of hydrogen-bond donors (Lipinski definition) is 0. The molecular formula is C13H18O. The van der Waals surface area contributed by atoms with Gasteiger partial charge in [-0.1, -0.05) is 51.1 Å². The van der Waals surface area contributed by atoms with Crippen LogP contribution in [0.25, 0.3) is 0 Å². The molecule has 0 spiro atoms. The quantitative estimate of drug-likeness (QED) is 0.663. The van der Waals surface area contributed by atoms with E-state index in [4.69, 9.17) is 0 Å². The van der Waals surface area contributed by atoms with Gasteiger partial charge in [0, 0.05) is 11.5 Å². The molecule has 1 unspecified atom stereocenters. The molecule has 76 valence electrons. The maximum Gasteiger partial charge on any atom is 0.166 e. The molecule has 0 aliphatic rings. The minimum absolute atomic E-state index is 0.164. The van der Waals surface area contributed by atoms with Crippen LogP contribution in [-0.4, -0.2) is 5.78 Å². The molecule has 14 heavy (non-hydrogen) atoms. The Labute approximate surface area is 86.1 Å². The highest BCUT2D eigenvalue weighted by atomic mass is 16.1. The summed E-state index contributed by atoms with van der Waals surface area (Å²) in [5.74, 6) is 0.869. The number of benzene rings is 1. The summed E-state index contributed by atoms with van der Waals surface area (Å²) in [5, 5.41) is 0. The molecule has 0 aliphatic carbocycles. The van der Waals surface area contributed by atoms with Gasteiger partial charge in [0.15, 0.2) is 5.78 Å². The fraction of sp³-hybridized carbons (Fsp3) is 0.462. The SMILES string of the molecule is CCC(C(=O)c1ccccc1)C(C)C. The number of carbonyl (C=O) groups is 1. The number of ketones is 1. The number of rotatable bonds is 4. The Morgan fingerprint density at radius 3 is 2.21 bits per heavy atom. The summed E-state index contributed by atoms with van der Waals surface area (Å²) in [6.45, 7) is 6.29. The van der Waals surface area contributed by atoms with E-state index < -0.39 is 0 Å². The van der Waals surface area contributed by atoms with Gasteiger partial charge in [-0.25, -0.2) is 0 Å². The molecule has 0 fully saturated rings. The van der Waals surface area contributed by atoms with Gasteiger partial charge in [-0.3, -0.25) is 4.79 Å². The third-order valence-electron chi connectivity index (χ3n) is 2.64. The van der Waals surface area contributed by atoms with Crippen LogP contribution in [0.15, 0.2) is 30.3 Å². The topological polar surface area (TPSA) is 17.1 Å². The van der Waals surface area contributed by atoms with Gasteiger partial charge < -0.3 is 0 Å². The summed E-state index contributed by atoms with van der Waals surface area (Å²) in [6.07, 6.45) is 0.922. The van der Waals surface area contributed by atoms with Crippen LogP contribution < -0.4 is 0 Å². The Morgan fingerprint density at radius 2 is 1.79 bits per heavy atom. The molecular weight excluding hydrogens is 172 g/mol. The molecule has 0 radical (unpaired) electrons. The van der Waals surface area contributed by atoms with Crippen molar-refractivity contribution in [3.8, 4) is 0 Å². The Bertz CT molecular complexity index is 287. The predicted octanol–water partition coefficient (Wildman–Crippen LogP) is 3.55. The fourth-order valence-corrected chi connectivity index (χ4v) is 1.78. The summed E-state index contributed by atoms with van der Waals surface area (Å²) in [7, 11) is 0. The van der Waals surface area contributed by atoms with E-state index in [1.54, 1.807) is 0 Å². The first-order valence-corrected chi connectivity index (χ1v) is 5.26. The summed E-state index contributed by atoms with van der Waals surface area (Å²) in [4.78, 5) is 12.0. The number of carbonyl (C=O) groups excluding carboxylic acids is 1. The van der Waals surface area contributed by atoms with Gasteiger partial charge in [0.25, 0.3) is 0 Å². The average Bonchev–Trinajstić information content (AvgIpc) is 2.19. The smallest absolute Gasteiger partial charge is 0.166 e. The zero-order valence-electron chi connectivity index (χ0n) is 9.16. The van der Waals surface area contributed by atoms with Gasteiger partial charge >= 0.3 is 0 Å². The summed E-state index contributed by atoms with van der Waals surface area (Å²) < 4.78 is 0. The van der Waals surface area contributed by atoms with Crippen LogP contribution in [0.1, 0.15) is 37.6 Å². The third-order valence-corrected chi connectivity index (χ3v) is 2.64. The van der Waals surface area contributed by atoms with E-state index in [1.807, 2.05) is 30.3 Å². The van der Waals surface area contributed by atoms with Crippen molar-refractivity contribution in [2.24, 2.45) is 11.8 Å². The second-order valence-corrected chi connectivity index (χ2v) is 3.99. The van der Waals surface area contributed by atoms with E-state index in [0.29, 0.717) is 5.92 Å². The molecule has 0 heterocycles. The molecule has 1 rings (SSSR count). The van der Waals surface area contributed by atoms with Gasteiger partial charge in [-0.05, 0) is 12.3 Å². The largest absolute Gasteiger partial charge is 0.294 e. The summed E-state index contributed by atoms with van der Waals surface area (Å²) >= 11 is 0. The van der Waals surface area contributed by atoms with Crippen LogP contribution in [0.3, 0.4) is 0 Å². The zero-order chi connectivity index (χ0) is 10.6. The highest BCUT2D eigenvalue weighted by Crippen LogP contribution is 2.20. The second kappa shape index (κ2) is 4.94. The summed E-state index contributed by atoms with van der Waals surface area (Å²) in [5.41, 5.74) is 0.841. The molecule has 1 heteroatoms. The van der Waals surface area contributed by atoms with Crippen LogP contribution in [0.4, 0.5) is 0 Å². The van der Waals surface area contributed by atoms with E-state index in [0.717, 1.165) is 12.0 Å². The highest BCUT2D eigenvalue weighted by molar-refractivity contribution is 5.97. The van der Waals surface area contributed by atoms with Gasteiger partial charge in [-0.15, -0.1) is 0 Å². The van der Waals surface area contributed by atoms with E-state index in [-0.39, 0.29) is 11.7 Å². The van der Waals surface area contributed by atoms with Crippen molar-refractivity contribution >= 4 is 5.78 Å². The van der Waals surface area contributed by atoms with Crippen molar-refractivity contribution in [3.05, 3.63) is 35.9 Å².